The number of H-pyrrole nitrogens is 1. The van der Waals surface area contributed by atoms with Gasteiger partial charge in [0, 0.05) is 29.9 Å². The molecule has 3 aliphatic rings. The van der Waals surface area contributed by atoms with E-state index in [1.807, 2.05) is 24.3 Å². The van der Waals surface area contributed by atoms with Crippen molar-refractivity contribution in [1.29, 1.82) is 0 Å². The Morgan fingerprint density at radius 1 is 1.08 bits per heavy atom. The van der Waals surface area contributed by atoms with E-state index in [0.29, 0.717) is 29.6 Å². The fourth-order valence-corrected chi connectivity index (χ4v) is 6.52. The van der Waals surface area contributed by atoms with Crippen molar-refractivity contribution in [3.8, 4) is 17.0 Å². The number of fused-ring (bicyclic) bond motifs is 4. The number of hydrogen-bond acceptors (Lipinski definition) is 7. The molecule has 7 rings (SSSR count). The molecule has 3 fully saturated rings. The van der Waals surface area contributed by atoms with Gasteiger partial charge in [0.2, 0.25) is 0 Å². The zero-order chi connectivity index (χ0) is 27.3. The molecule has 3 N–H and O–H groups in total. The Morgan fingerprint density at radius 2 is 1.82 bits per heavy atom. The maximum Gasteiger partial charge on any atom is 0.347 e. The number of aromatic hydroxyl groups is 1. The molecule has 0 amide bonds. The van der Waals surface area contributed by atoms with E-state index in [4.69, 9.17) is 0 Å². The first-order chi connectivity index (χ1) is 18.8. The number of aromatic amines is 1. The molecule has 9 heteroatoms. The van der Waals surface area contributed by atoms with Crippen LogP contribution in [0.25, 0.3) is 32.9 Å². The summed E-state index contributed by atoms with van der Waals surface area (Å²) in [6.07, 6.45) is 6.99. The summed E-state index contributed by atoms with van der Waals surface area (Å²) in [7, 11) is 2.19. The second-order valence-electron chi connectivity index (χ2n) is 11.2. The first-order valence-corrected chi connectivity index (χ1v) is 13.8. The van der Waals surface area contributed by atoms with Crippen LogP contribution in [-0.2, 0) is 0 Å². The quantitative estimate of drug-likeness (QED) is 0.348. The third kappa shape index (κ3) is 4.74. The number of aliphatic hydroxyl groups excluding tert-OH is 1. The number of phenolic OH excluding ortho intramolecular Hbond substituents is 1. The van der Waals surface area contributed by atoms with E-state index in [2.05, 4.69) is 38.7 Å². The lowest BCUT2D eigenvalue weighted by atomic mass is 9.99. The molecule has 3 saturated heterocycles. The highest BCUT2D eigenvalue weighted by atomic mass is 19.1. The normalized spacial score (nSPS) is 24.8. The van der Waals surface area contributed by atoms with Crippen LogP contribution in [0, 0.1) is 5.82 Å². The third-order valence-electron chi connectivity index (χ3n) is 8.64. The number of benzene rings is 2. The summed E-state index contributed by atoms with van der Waals surface area (Å²) in [5.41, 5.74) is -0.0902. The first-order valence-electron chi connectivity index (χ1n) is 13.8. The van der Waals surface area contributed by atoms with Crippen molar-refractivity contribution in [3.05, 3.63) is 58.9 Å². The Hall–Kier alpha value is -3.56. The highest BCUT2D eigenvalue weighted by Crippen LogP contribution is 2.41. The van der Waals surface area contributed by atoms with Crippen LogP contribution in [0.15, 0.2) is 47.4 Å². The van der Waals surface area contributed by atoms with Crippen molar-refractivity contribution >= 4 is 27.5 Å². The first kappa shape index (κ1) is 25.7. The number of rotatable bonds is 2. The fraction of sp³-hybridized carbons (Fsp3) is 0.433. The van der Waals surface area contributed by atoms with Crippen molar-refractivity contribution in [2.45, 2.75) is 69.7 Å². The lowest BCUT2D eigenvalue weighted by Crippen LogP contribution is -2.46. The minimum absolute atomic E-state index is 0.00681. The van der Waals surface area contributed by atoms with Crippen molar-refractivity contribution in [3.63, 3.8) is 0 Å². The van der Waals surface area contributed by atoms with Gasteiger partial charge >= 0.3 is 5.69 Å². The van der Waals surface area contributed by atoms with Crippen LogP contribution in [0.5, 0.6) is 5.75 Å². The molecule has 4 atom stereocenters. The van der Waals surface area contributed by atoms with Gasteiger partial charge in [-0.1, -0.05) is 24.3 Å². The summed E-state index contributed by atoms with van der Waals surface area (Å²) >= 11 is 0. The lowest BCUT2D eigenvalue weighted by molar-refractivity contribution is 0.126. The Labute approximate surface area is 226 Å². The van der Waals surface area contributed by atoms with Gasteiger partial charge in [0.15, 0.2) is 5.82 Å². The average Bonchev–Trinajstić information content (AvgIpc) is 3.42. The predicted molar refractivity (Wildman–Crippen MR) is 151 cm³/mol. The number of anilines is 1. The maximum atomic E-state index is 15.8. The van der Waals surface area contributed by atoms with Gasteiger partial charge in [-0.25, -0.2) is 9.18 Å². The number of aliphatic hydroxyl groups is 1. The Bertz CT molecular complexity index is 1570. The molecule has 39 heavy (non-hydrogen) atoms. The molecule has 2 bridgehead atoms. The highest BCUT2D eigenvalue weighted by Gasteiger charge is 2.41. The van der Waals surface area contributed by atoms with Gasteiger partial charge in [0.1, 0.15) is 17.3 Å². The third-order valence-corrected chi connectivity index (χ3v) is 8.64. The standard InChI is InChI=1S/C24H21FN4O3.C6H13N/c25-20-21(18-10-15(30)7-12-3-1-2-4-17(12)18)26-11-19-22(20)27-24(32)28-23(19)29-13-5-6-14(29)9-16(31)8-13;1-6-4-3-5-7(6)2/h1-4,7,10-11,13-14,16,30-31H,5-6,8-9H2,(H,27,28,32);6H,3-5H2,1-2H3/t13-,14+,16?;6-/m.1/s1. The van der Waals surface area contributed by atoms with Crippen LogP contribution in [-0.4, -0.2) is 67.9 Å². The molecule has 3 aliphatic heterocycles. The summed E-state index contributed by atoms with van der Waals surface area (Å²) in [5.74, 6) is -0.238. The average molecular weight is 532 g/mol. The summed E-state index contributed by atoms with van der Waals surface area (Å²) in [5, 5.41) is 22.2. The SMILES string of the molecule is C[C@@H]1CCCN1C.O=c1nc(N2[C@@H]3CC[C@H]2CC(O)C3)c2cnc(-c3cc(O)cc4ccccc34)c(F)c2[nH]1. The molecule has 4 aromatic rings. The zero-order valence-corrected chi connectivity index (χ0v) is 22.3. The molecule has 5 heterocycles. The Morgan fingerprint density at radius 3 is 2.49 bits per heavy atom. The van der Waals surface area contributed by atoms with Gasteiger partial charge < -0.3 is 25.0 Å². The van der Waals surface area contributed by atoms with E-state index >= 15 is 4.39 Å². The van der Waals surface area contributed by atoms with E-state index < -0.39 is 11.5 Å². The molecule has 0 saturated carbocycles. The molecule has 0 radical (unpaired) electrons. The largest absolute Gasteiger partial charge is 0.508 e. The van der Waals surface area contributed by atoms with Gasteiger partial charge in [-0.05, 0) is 81.9 Å². The van der Waals surface area contributed by atoms with Crippen molar-refractivity contribution in [2.75, 3.05) is 18.5 Å². The second kappa shape index (κ2) is 10.2. The second-order valence-corrected chi connectivity index (χ2v) is 11.2. The monoisotopic (exact) mass is 531 g/mol. The number of nitrogens with one attached hydrogen (secondary N) is 1. The minimum Gasteiger partial charge on any atom is -0.508 e. The molecule has 0 aliphatic carbocycles. The minimum atomic E-state index is -0.664. The molecular formula is C30H34FN5O3. The number of piperidine rings is 1. The summed E-state index contributed by atoms with van der Waals surface area (Å²) in [4.78, 5) is 28.1. The summed E-state index contributed by atoms with van der Waals surface area (Å²) in [6.45, 7) is 3.59. The van der Waals surface area contributed by atoms with E-state index in [0.717, 1.165) is 29.7 Å². The topological polar surface area (TPSA) is 106 Å². The van der Waals surface area contributed by atoms with Crippen LogP contribution >= 0.6 is 0 Å². The smallest absolute Gasteiger partial charge is 0.347 e. The van der Waals surface area contributed by atoms with E-state index in [1.54, 1.807) is 6.07 Å². The molecule has 2 aromatic heterocycles. The summed E-state index contributed by atoms with van der Waals surface area (Å²) in [6, 6.07) is 11.4. The molecule has 204 valence electrons. The van der Waals surface area contributed by atoms with Crippen LogP contribution < -0.4 is 10.6 Å². The van der Waals surface area contributed by atoms with E-state index in [9.17, 15) is 15.0 Å². The molecule has 8 nitrogen and oxygen atoms in total. The van der Waals surface area contributed by atoms with Gasteiger partial charge in [-0.3, -0.25) is 4.98 Å². The van der Waals surface area contributed by atoms with Gasteiger partial charge in [0.25, 0.3) is 0 Å². The fourth-order valence-electron chi connectivity index (χ4n) is 6.52. The van der Waals surface area contributed by atoms with Crippen LogP contribution in [0.4, 0.5) is 10.2 Å². The molecule has 0 spiro atoms. The van der Waals surface area contributed by atoms with Crippen LogP contribution in [0.2, 0.25) is 0 Å². The Kier molecular flexibility index (Phi) is 6.72. The summed E-state index contributed by atoms with van der Waals surface area (Å²) < 4.78 is 15.8. The molecule has 1 unspecified atom stereocenters. The Balaban J connectivity index is 0.000000346. The molecule has 2 aromatic carbocycles. The zero-order valence-electron chi connectivity index (χ0n) is 22.3. The number of likely N-dealkylation sites (tertiary alicyclic amines) is 1. The number of nitrogens with zero attached hydrogens (tertiary/aromatic N) is 4. The number of hydrogen-bond donors (Lipinski definition) is 3. The van der Waals surface area contributed by atoms with Gasteiger partial charge in [-0.2, -0.15) is 4.98 Å². The van der Waals surface area contributed by atoms with Crippen LogP contribution in [0.1, 0.15) is 45.4 Å². The maximum absolute atomic E-state index is 15.8. The van der Waals surface area contributed by atoms with Crippen molar-refractivity contribution in [1.82, 2.24) is 19.9 Å². The van der Waals surface area contributed by atoms with Gasteiger partial charge in [0.05, 0.1) is 17.0 Å². The highest BCUT2D eigenvalue weighted by molar-refractivity contribution is 5.99. The van der Waals surface area contributed by atoms with Crippen molar-refractivity contribution in [2.24, 2.45) is 0 Å². The van der Waals surface area contributed by atoms with Gasteiger partial charge in [-0.15, -0.1) is 0 Å². The number of aromatic nitrogens is 3. The predicted octanol–water partition coefficient (Wildman–Crippen LogP) is 4.58. The van der Waals surface area contributed by atoms with E-state index in [-0.39, 0.29) is 35.1 Å². The number of halogens is 1. The number of pyridine rings is 1. The lowest BCUT2D eigenvalue weighted by Gasteiger charge is -2.38. The molecular weight excluding hydrogens is 497 g/mol. The van der Waals surface area contributed by atoms with E-state index in [1.165, 1.54) is 31.6 Å². The van der Waals surface area contributed by atoms with Crippen molar-refractivity contribution < 1.29 is 14.6 Å². The van der Waals surface area contributed by atoms with Crippen LogP contribution in [0.3, 0.4) is 0 Å². The number of phenols is 1.